The largest absolute Gasteiger partial charge is 0.463 e. The highest BCUT2D eigenvalue weighted by Crippen LogP contribution is 2.10. The molecule has 3 atom stereocenters. The maximum Gasteiger partial charge on any atom is 0.408 e. The molecule has 2 aromatic rings. The predicted molar refractivity (Wildman–Crippen MR) is 161 cm³/mol. The molecule has 0 spiro atoms. The maximum absolute atomic E-state index is 13.5. The number of carbonyl (C=O) groups excluding carboxylic acids is 5. The third-order valence-electron chi connectivity index (χ3n) is 6.22. The van der Waals surface area contributed by atoms with Crippen LogP contribution in [0.25, 0.3) is 0 Å². The lowest BCUT2D eigenvalue weighted by atomic mass is 10.0. The van der Waals surface area contributed by atoms with E-state index < -0.39 is 47.9 Å². The van der Waals surface area contributed by atoms with Crippen LogP contribution in [0.15, 0.2) is 72.8 Å². The lowest BCUT2D eigenvalue weighted by Crippen LogP contribution is -2.55. The summed E-state index contributed by atoms with van der Waals surface area (Å²) in [6.45, 7) is 5.69. The number of hydrogen-bond donors (Lipinski definition) is 4. The van der Waals surface area contributed by atoms with Gasteiger partial charge in [-0.25, -0.2) is 9.59 Å². The van der Waals surface area contributed by atoms with Gasteiger partial charge in [-0.2, -0.15) is 0 Å². The molecule has 2 rings (SSSR count). The van der Waals surface area contributed by atoms with Crippen LogP contribution in [-0.2, 0) is 41.7 Å². The van der Waals surface area contributed by atoms with E-state index in [-0.39, 0.29) is 38.4 Å². The lowest BCUT2D eigenvalue weighted by molar-refractivity contribution is -0.137. The van der Waals surface area contributed by atoms with Crippen LogP contribution in [0.5, 0.6) is 0 Å². The molecule has 0 aliphatic heterocycles. The van der Waals surface area contributed by atoms with Crippen LogP contribution >= 0.6 is 0 Å². The molecule has 0 heterocycles. The third kappa shape index (κ3) is 14.2. The summed E-state index contributed by atoms with van der Waals surface area (Å²) in [7, 11) is 0. The summed E-state index contributed by atoms with van der Waals surface area (Å²) in [5, 5.41) is 8.19. The third-order valence-corrected chi connectivity index (χ3v) is 6.22. The molecule has 43 heavy (non-hydrogen) atoms. The molecule has 11 heteroatoms. The fourth-order valence-electron chi connectivity index (χ4n) is 4.12. The molecule has 0 radical (unpaired) electrons. The number of esters is 1. The molecule has 232 valence electrons. The number of amides is 4. The van der Waals surface area contributed by atoms with Crippen LogP contribution in [0.1, 0.15) is 51.2 Å². The van der Waals surface area contributed by atoms with Gasteiger partial charge in [0.25, 0.3) is 0 Å². The van der Waals surface area contributed by atoms with E-state index in [0.717, 1.165) is 11.1 Å². The topological polar surface area (TPSA) is 166 Å². The molecule has 0 aliphatic rings. The van der Waals surface area contributed by atoms with Crippen molar-refractivity contribution in [2.24, 2.45) is 11.7 Å². The summed E-state index contributed by atoms with van der Waals surface area (Å²) in [6, 6.07) is 15.5. The quantitative estimate of drug-likeness (QED) is 0.161. The molecular weight excluding hydrogens is 552 g/mol. The Kier molecular flexibility index (Phi) is 15.0. The van der Waals surface area contributed by atoms with Gasteiger partial charge < -0.3 is 31.2 Å². The normalized spacial score (nSPS) is 13.0. The molecule has 0 fully saturated rings. The van der Waals surface area contributed by atoms with Crippen molar-refractivity contribution in [1.82, 2.24) is 16.0 Å². The Hall–Kier alpha value is -4.67. The van der Waals surface area contributed by atoms with Crippen molar-refractivity contribution in [1.29, 1.82) is 0 Å². The van der Waals surface area contributed by atoms with Gasteiger partial charge in [-0.3, -0.25) is 14.4 Å². The molecule has 4 amide bonds. The van der Waals surface area contributed by atoms with Crippen LogP contribution in [0, 0.1) is 5.92 Å². The monoisotopic (exact) mass is 594 g/mol. The van der Waals surface area contributed by atoms with E-state index >= 15 is 0 Å². The van der Waals surface area contributed by atoms with Gasteiger partial charge in [0.1, 0.15) is 18.7 Å². The molecule has 0 bridgehead atoms. The first-order chi connectivity index (χ1) is 20.6. The Labute approximate surface area is 252 Å². The minimum absolute atomic E-state index is 0.0355. The van der Waals surface area contributed by atoms with Crippen LogP contribution in [0.4, 0.5) is 4.79 Å². The second kappa shape index (κ2) is 18.7. The Bertz CT molecular complexity index is 1220. The number of hydrogen-bond acceptors (Lipinski definition) is 7. The highest BCUT2D eigenvalue weighted by Gasteiger charge is 2.29. The average molecular weight is 595 g/mol. The first kappa shape index (κ1) is 34.5. The Morgan fingerprint density at radius 3 is 2.00 bits per heavy atom. The number of alkyl carbamates (subject to hydrolysis) is 1. The highest BCUT2D eigenvalue weighted by atomic mass is 16.5. The zero-order valence-corrected chi connectivity index (χ0v) is 24.9. The Morgan fingerprint density at radius 2 is 1.42 bits per heavy atom. The van der Waals surface area contributed by atoms with E-state index in [9.17, 15) is 24.0 Å². The average Bonchev–Trinajstić information content (AvgIpc) is 2.97. The molecule has 0 saturated carbocycles. The van der Waals surface area contributed by atoms with Gasteiger partial charge in [0, 0.05) is 25.0 Å². The van der Waals surface area contributed by atoms with Crippen molar-refractivity contribution < 1.29 is 33.4 Å². The molecule has 0 aromatic heterocycles. The predicted octanol–water partition coefficient (Wildman–Crippen LogP) is 2.92. The first-order valence-electron chi connectivity index (χ1n) is 14.3. The zero-order chi connectivity index (χ0) is 31.6. The summed E-state index contributed by atoms with van der Waals surface area (Å²) >= 11 is 0. The molecule has 1 unspecified atom stereocenters. The zero-order valence-electron chi connectivity index (χ0n) is 24.9. The number of carbonyl (C=O) groups is 5. The van der Waals surface area contributed by atoms with Crippen molar-refractivity contribution in [3.05, 3.63) is 83.9 Å². The molecule has 0 saturated heterocycles. The van der Waals surface area contributed by atoms with Crippen molar-refractivity contribution in [3.8, 4) is 0 Å². The molecular formula is C32H42N4O7. The number of rotatable bonds is 17. The van der Waals surface area contributed by atoms with E-state index in [2.05, 4.69) is 16.0 Å². The minimum atomic E-state index is -1.04. The summed E-state index contributed by atoms with van der Waals surface area (Å²) in [6.07, 6.45) is 2.37. The van der Waals surface area contributed by atoms with E-state index in [0.29, 0.717) is 6.42 Å². The van der Waals surface area contributed by atoms with Gasteiger partial charge in [-0.15, -0.1) is 0 Å². The van der Waals surface area contributed by atoms with Crippen LogP contribution in [0.2, 0.25) is 0 Å². The van der Waals surface area contributed by atoms with Gasteiger partial charge in [0.15, 0.2) is 0 Å². The van der Waals surface area contributed by atoms with Gasteiger partial charge in [0.2, 0.25) is 17.7 Å². The highest BCUT2D eigenvalue weighted by molar-refractivity contribution is 5.92. The first-order valence-corrected chi connectivity index (χ1v) is 14.3. The lowest BCUT2D eigenvalue weighted by Gasteiger charge is -2.25. The number of nitrogens with one attached hydrogen (secondary N) is 3. The van der Waals surface area contributed by atoms with Crippen LogP contribution < -0.4 is 21.7 Å². The molecule has 11 nitrogen and oxygen atoms in total. The molecule has 5 N–H and O–H groups in total. The van der Waals surface area contributed by atoms with Gasteiger partial charge in [0.05, 0.1) is 6.61 Å². The second-order valence-corrected chi connectivity index (χ2v) is 10.4. The fraction of sp³-hybridized carbons (Fsp3) is 0.406. The summed E-state index contributed by atoms with van der Waals surface area (Å²) in [5.41, 5.74) is 6.88. The number of ether oxygens (including phenoxy) is 2. The minimum Gasteiger partial charge on any atom is -0.463 e. The van der Waals surface area contributed by atoms with Crippen molar-refractivity contribution >= 4 is 29.8 Å². The second-order valence-electron chi connectivity index (χ2n) is 10.4. The smallest absolute Gasteiger partial charge is 0.408 e. The van der Waals surface area contributed by atoms with Crippen LogP contribution in [0.3, 0.4) is 0 Å². The summed E-state index contributed by atoms with van der Waals surface area (Å²) in [5.74, 6) is -2.23. The van der Waals surface area contributed by atoms with Crippen molar-refractivity contribution in [2.75, 3.05) is 6.61 Å². The standard InChI is InChI=1S/C32H42N4O7/c1-4-42-29(38)18-16-25(15-17-28(33)37)34-30(39)27(20-23-11-7-5-8-12-23)35-31(40)26(19-22(2)3)36-32(41)43-21-24-13-9-6-10-14-24/h5-14,16,18,22,25-27H,4,15,17,19-21H2,1-3H3,(H2,33,37)(H,34,39)(H,35,40)(H,36,41)/b18-16+/t25-,26-,27?/m0/s1. The van der Waals surface area contributed by atoms with E-state index in [1.807, 2.05) is 74.5 Å². The van der Waals surface area contributed by atoms with Crippen LogP contribution in [-0.4, -0.2) is 54.5 Å². The van der Waals surface area contributed by atoms with E-state index in [1.165, 1.54) is 12.2 Å². The summed E-state index contributed by atoms with van der Waals surface area (Å²) in [4.78, 5) is 62.9. The molecule has 2 aromatic carbocycles. The number of nitrogens with two attached hydrogens (primary N) is 1. The van der Waals surface area contributed by atoms with Gasteiger partial charge in [-0.1, -0.05) is 80.6 Å². The maximum atomic E-state index is 13.5. The van der Waals surface area contributed by atoms with Gasteiger partial charge in [-0.05, 0) is 36.8 Å². The summed E-state index contributed by atoms with van der Waals surface area (Å²) < 4.78 is 10.2. The van der Waals surface area contributed by atoms with Gasteiger partial charge >= 0.3 is 12.1 Å². The van der Waals surface area contributed by atoms with Crippen molar-refractivity contribution in [3.63, 3.8) is 0 Å². The SMILES string of the molecule is CCOC(=O)/C=C/[C@H](CCC(N)=O)NC(=O)C(Cc1ccccc1)NC(=O)[C@H](CC(C)C)NC(=O)OCc1ccccc1. The fourth-order valence-corrected chi connectivity index (χ4v) is 4.12. The number of benzene rings is 2. The van der Waals surface area contributed by atoms with Crippen molar-refractivity contribution in [2.45, 2.75) is 71.2 Å². The number of primary amides is 1. The van der Waals surface area contributed by atoms with E-state index in [1.54, 1.807) is 6.92 Å². The molecule has 0 aliphatic carbocycles. The van der Waals surface area contributed by atoms with E-state index in [4.69, 9.17) is 15.2 Å². The Balaban J connectivity index is 2.20. The Morgan fingerprint density at radius 1 is 0.814 bits per heavy atom.